The Balaban J connectivity index is 2.82. The number of carbonyl (C=O) groups excluding carboxylic acids is 1. The van der Waals surface area contributed by atoms with Crippen molar-refractivity contribution in [1.29, 1.82) is 0 Å². The van der Waals surface area contributed by atoms with Gasteiger partial charge in [0.1, 0.15) is 0 Å². The third-order valence-electron chi connectivity index (χ3n) is 4.73. The first-order valence-corrected chi connectivity index (χ1v) is 8.53. The molecule has 0 aliphatic rings. The molecule has 0 saturated carbocycles. The van der Waals surface area contributed by atoms with Crippen LogP contribution >= 0.6 is 0 Å². The molecule has 154 valence electrons. The first-order chi connectivity index (χ1) is 12.8. The van der Waals surface area contributed by atoms with E-state index in [2.05, 4.69) is 5.32 Å². The Morgan fingerprint density at radius 1 is 0.889 bits per heavy atom. The lowest BCUT2D eigenvalue weighted by Gasteiger charge is -2.35. The first-order valence-electron chi connectivity index (χ1n) is 8.53. The maximum Gasteiger partial charge on any atom is 0.251 e. The summed E-state index contributed by atoms with van der Waals surface area (Å²) in [6.07, 6.45) is 0.957. The lowest BCUT2D eigenvalue weighted by molar-refractivity contribution is -0.239. The summed E-state index contributed by atoms with van der Waals surface area (Å²) in [6.45, 7) is 1.97. The molecule has 1 rings (SSSR count). The van der Waals surface area contributed by atoms with Crippen molar-refractivity contribution in [2.75, 3.05) is 49.2 Å². The highest BCUT2D eigenvalue weighted by Gasteiger charge is 2.35. The minimum absolute atomic E-state index is 0.149. The maximum atomic E-state index is 12.5. The molecule has 0 saturated heterocycles. The largest absolute Gasteiger partial charge is 0.493 e. The van der Waals surface area contributed by atoms with Crippen LogP contribution in [0, 0.1) is 0 Å². The van der Waals surface area contributed by atoms with Crippen LogP contribution in [0.15, 0.2) is 18.2 Å². The molecule has 27 heavy (non-hydrogen) atoms. The second kappa shape index (κ2) is 10.5. The molecule has 0 fully saturated rings. The van der Waals surface area contributed by atoms with Gasteiger partial charge in [-0.15, -0.1) is 0 Å². The Bertz CT molecular complexity index is 598. The van der Waals surface area contributed by atoms with Gasteiger partial charge < -0.3 is 33.7 Å². The molecule has 0 aromatic heterocycles. The summed E-state index contributed by atoms with van der Waals surface area (Å²) in [7, 11) is 9.26. The average Bonchev–Trinajstić information content (AvgIpc) is 2.73. The molecule has 1 amide bonds. The summed E-state index contributed by atoms with van der Waals surface area (Å²) < 4.78 is 32.2. The second-order valence-electron chi connectivity index (χ2n) is 6.11. The van der Waals surface area contributed by atoms with Crippen LogP contribution < -0.4 is 14.8 Å². The molecule has 1 aromatic carbocycles. The van der Waals surface area contributed by atoms with Crippen molar-refractivity contribution >= 4 is 5.91 Å². The van der Waals surface area contributed by atoms with Gasteiger partial charge in [-0.05, 0) is 25.1 Å². The Hall–Kier alpha value is -1.87. The van der Waals surface area contributed by atoms with Crippen LogP contribution in [0.25, 0.3) is 0 Å². The van der Waals surface area contributed by atoms with Crippen LogP contribution in [0.1, 0.15) is 30.1 Å². The van der Waals surface area contributed by atoms with Crippen molar-refractivity contribution < 1.29 is 33.2 Å². The van der Waals surface area contributed by atoms with E-state index < -0.39 is 11.6 Å². The first kappa shape index (κ1) is 23.2. The molecule has 0 aliphatic heterocycles. The van der Waals surface area contributed by atoms with Gasteiger partial charge in [0.2, 0.25) is 0 Å². The number of nitrogens with one attached hydrogen (secondary N) is 1. The number of ether oxygens (including phenoxy) is 6. The third kappa shape index (κ3) is 6.07. The van der Waals surface area contributed by atoms with Crippen LogP contribution in [-0.2, 0) is 18.9 Å². The van der Waals surface area contributed by atoms with Crippen LogP contribution in [-0.4, -0.2) is 66.7 Å². The predicted molar refractivity (Wildman–Crippen MR) is 100 cm³/mol. The van der Waals surface area contributed by atoms with Gasteiger partial charge in [0.05, 0.1) is 20.8 Å². The van der Waals surface area contributed by atoms with E-state index in [4.69, 9.17) is 28.4 Å². The highest BCUT2D eigenvalue weighted by atomic mass is 16.7. The van der Waals surface area contributed by atoms with Crippen molar-refractivity contribution in [3.8, 4) is 11.5 Å². The highest BCUT2D eigenvalue weighted by Crippen LogP contribution is 2.28. The number of methoxy groups -OCH3 is 6. The van der Waals surface area contributed by atoms with Crippen molar-refractivity contribution in [1.82, 2.24) is 5.32 Å². The third-order valence-corrected chi connectivity index (χ3v) is 4.73. The minimum Gasteiger partial charge on any atom is -0.493 e. The van der Waals surface area contributed by atoms with Crippen LogP contribution in [0.3, 0.4) is 0 Å². The summed E-state index contributed by atoms with van der Waals surface area (Å²) in [5.74, 6) is -1.03. The Morgan fingerprint density at radius 3 is 1.96 bits per heavy atom. The average molecular weight is 385 g/mol. The number of rotatable bonds is 12. The summed E-state index contributed by atoms with van der Waals surface area (Å²) in [5, 5.41) is 2.84. The highest BCUT2D eigenvalue weighted by molar-refractivity contribution is 5.94. The molecule has 0 bridgehead atoms. The Labute approximate surface area is 161 Å². The van der Waals surface area contributed by atoms with Crippen molar-refractivity contribution in [2.24, 2.45) is 0 Å². The zero-order chi connectivity index (χ0) is 20.5. The van der Waals surface area contributed by atoms with Gasteiger partial charge in [0.25, 0.3) is 5.91 Å². The molecule has 0 aliphatic carbocycles. The van der Waals surface area contributed by atoms with Crippen molar-refractivity contribution in [3.63, 3.8) is 0 Å². The zero-order valence-corrected chi connectivity index (χ0v) is 17.2. The van der Waals surface area contributed by atoms with Gasteiger partial charge in [-0.2, -0.15) is 0 Å². The van der Waals surface area contributed by atoms with Gasteiger partial charge in [0, 0.05) is 46.8 Å². The summed E-state index contributed by atoms with van der Waals surface area (Å²) in [5.41, 5.74) is 0.437. The molecular weight excluding hydrogens is 354 g/mol. The Kier molecular flexibility index (Phi) is 8.98. The second-order valence-corrected chi connectivity index (χ2v) is 6.11. The topological polar surface area (TPSA) is 84.5 Å². The summed E-state index contributed by atoms with van der Waals surface area (Å²) in [4.78, 5) is 12.5. The zero-order valence-electron chi connectivity index (χ0n) is 17.2. The van der Waals surface area contributed by atoms with Gasteiger partial charge in [-0.3, -0.25) is 4.79 Å². The lowest BCUT2D eigenvalue weighted by atomic mass is 10.0. The van der Waals surface area contributed by atoms with E-state index >= 15 is 0 Å². The molecule has 1 N–H and O–H groups in total. The predicted octanol–water partition coefficient (Wildman–Crippen LogP) is 2.21. The minimum atomic E-state index is -1.01. The maximum absolute atomic E-state index is 12.5. The lowest BCUT2D eigenvalue weighted by Crippen LogP contribution is -2.47. The number of amides is 1. The van der Waals surface area contributed by atoms with E-state index in [0.717, 1.165) is 0 Å². The van der Waals surface area contributed by atoms with Gasteiger partial charge in [-0.1, -0.05) is 0 Å². The van der Waals surface area contributed by atoms with Crippen LogP contribution in [0.4, 0.5) is 0 Å². The molecule has 0 atom stereocenters. The van der Waals surface area contributed by atoms with E-state index in [1.165, 1.54) is 28.4 Å². The molecule has 0 spiro atoms. The fraction of sp³-hybridized carbons (Fsp3) is 0.632. The van der Waals surface area contributed by atoms with Gasteiger partial charge >= 0.3 is 0 Å². The molecule has 0 heterocycles. The van der Waals surface area contributed by atoms with Crippen LogP contribution in [0.2, 0.25) is 0 Å². The summed E-state index contributed by atoms with van der Waals surface area (Å²) >= 11 is 0. The van der Waals surface area contributed by atoms with Crippen molar-refractivity contribution in [3.05, 3.63) is 23.8 Å². The van der Waals surface area contributed by atoms with Gasteiger partial charge in [0.15, 0.2) is 23.1 Å². The van der Waals surface area contributed by atoms with Gasteiger partial charge in [-0.25, -0.2) is 0 Å². The fourth-order valence-corrected chi connectivity index (χ4v) is 2.52. The molecule has 0 radical (unpaired) electrons. The van der Waals surface area contributed by atoms with Crippen molar-refractivity contribution in [2.45, 2.75) is 31.3 Å². The molecule has 8 nitrogen and oxygen atoms in total. The summed E-state index contributed by atoms with van der Waals surface area (Å²) in [6, 6.07) is 4.95. The quantitative estimate of drug-likeness (QED) is 0.552. The Morgan fingerprint density at radius 2 is 1.48 bits per heavy atom. The smallest absolute Gasteiger partial charge is 0.251 e. The SMILES string of the molecule is COc1ccc(C(=O)NCC(CCC(C)(OC)OC)(OC)OC)cc1OC. The normalized spacial score (nSPS) is 12.0. The standard InChI is InChI=1S/C19H31NO7/c1-18(24-4,25-5)10-11-19(26-6,27-7)13-20-17(21)14-8-9-15(22-2)16(12-14)23-3/h8-9,12H,10-11,13H2,1-7H3,(H,20,21). The van der Waals surface area contributed by atoms with E-state index in [9.17, 15) is 4.79 Å². The van der Waals surface area contributed by atoms with Crippen LogP contribution in [0.5, 0.6) is 11.5 Å². The molecule has 8 heteroatoms. The van der Waals surface area contributed by atoms with E-state index in [-0.39, 0.29) is 12.5 Å². The number of benzene rings is 1. The van der Waals surface area contributed by atoms with E-state index in [1.54, 1.807) is 32.4 Å². The number of hydrogen-bond acceptors (Lipinski definition) is 7. The number of hydrogen-bond donors (Lipinski definition) is 1. The molecule has 0 unspecified atom stereocenters. The molecular formula is C19H31NO7. The van der Waals surface area contributed by atoms with E-state index in [0.29, 0.717) is 29.9 Å². The van der Waals surface area contributed by atoms with E-state index in [1.807, 2.05) is 6.92 Å². The molecule has 1 aromatic rings. The number of carbonyl (C=O) groups is 1. The monoisotopic (exact) mass is 385 g/mol. The fourth-order valence-electron chi connectivity index (χ4n) is 2.52.